The number of amides is 2. The van der Waals surface area contributed by atoms with Crippen LogP contribution in [0.4, 0.5) is 5.69 Å². The van der Waals surface area contributed by atoms with Crippen molar-refractivity contribution < 1.29 is 14.0 Å². The molecule has 0 aliphatic heterocycles. The normalized spacial score (nSPS) is 11.6. The third kappa shape index (κ3) is 5.39. The first-order valence-corrected chi connectivity index (χ1v) is 14.4. The van der Waals surface area contributed by atoms with E-state index < -0.39 is 11.9 Å². The highest BCUT2D eigenvalue weighted by atomic mass is 32.1. The number of benzene rings is 3. The molecular weight excluding hydrogens is 553 g/mol. The standard InChI is InChI=1S/C32H22N4O3S2/c1-2-29-35-26(19-41-29)32(38)36(23-14-12-22(13-15-23)27-17-33-20-39-27)30(25-18-40-28-11-7-6-10-24(25)28)31(37)34-16-21-8-4-3-5-9-21/h1,3-15,17-20,30H,16H2,(H,34,37). The predicted molar refractivity (Wildman–Crippen MR) is 162 cm³/mol. The fourth-order valence-corrected chi connectivity index (χ4v) is 6.15. The van der Waals surface area contributed by atoms with Crippen molar-refractivity contribution in [3.05, 3.63) is 124 Å². The second kappa shape index (κ2) is 11.6. The highest BCUT2D eigenvalue weighted by Crippen LogP contribution is 2.37. The highest BCUT2D eigenvalue weighted by molar-refractivity contribution is 7.17. The van der Waals surface area contributed by atoms with E-state index in [0.29, 0.717) is 23.0 Å². The van der Waals surface area contributed by atoms with Crippen LogP contribution >= 0.6 is 22.7 Å². The van der Waals surface area contributed by atoms with E-state index in [0.717, 1.165) is 26.8 Å². The fourth-order valence-electron chi connectivity index (χ4n) is 4.58. The minimum atomic E-state index is -0.991. The lowest BCUT2D eigenvalue weighted by Gasteiger charge is -2.31. The van der Waals surface area contributed by atoms with Gasteiger partial charge < -0.3 is 9.73 Å². The molecule has 0 saturated carbocycles. The van der Waals surface area contributed by atoms with E-state index in [1.165, 1.54) is 34.0 Å². The summed E-state index contributed by atoms with van der Waals surface area (Å²) >= 11 is 2.73. The molecule has 6 aromatic rings. The second-order valence-corrected chi connectivity index (χ2v) is 10.8. The van der Waals surface area contributed by atoms with Crippen molar-refractivity contribution in [1.29, 1.82) is 0 Å². The molecule has 3 aromatic carbocycles. The average molecular weight is 575 g/mol. The third-order valence-electron chi connectivity index (χ3n) is 6.55. The van der Waals surface area contributed by atoms with Crippen LogP contribution in [-0.2, 0) is 11.3 Å². The van der Waals surface area contributed by atoms with Gasteiger partial charge in [-0.05, 0) is 52.6 Å². The van der Waals surface area contributed by atoms with Crippen LogP contribution < -0.4 is 10.2 Å². The Morgan fingerprint density at radius 1 is 0.976 bits per heavy atom. The van der Waals surface area contributed by atoms with Gasteiger partial charge in [-0.3, -0.25) is 14.5 Å². The summed E-state index contributed by atoms with van der Waals surface area (Å²) in [5, 5.41) is 7.91. The van der Waals surface area contributed by atoms with Crippen LogP contribution in [0.15, 0.2) is 107 Å². The Morgan fingerprint density at radius 2 is 1.76 bits per heavy atom. The molecule has 200 valence electrons. The molecular formula is C32H22N4O3S2. The third-order valence-corrected chi connectivity index (χ3v) is 8.30. The summed E-state index contributed by atoms with van der Waals surface area (Å²) in [6.45, 7) is 0.308. The first kappa shape index (κ1) is 26.2. The van der Waals surface area contributed by atoms with E-state index >= 15 is 0 Å². The minimum Gasteiger partial charge on any atom is -0.444 e. The molecule has 1 atom stereocenters. The van der Waals surface area contributed by atoms with Gasteiger partial charge in [0.25, 0.3) is 5.91 Å². The van der Waals surface area contributed by atoms with Crippen LogP contribution in [0.2, 0.25) is 0 Å². The number of terminal acetylenes is 1. The number of thiophene rings is 1. The van der Waals surface area contributed by atoms with Crippen LogP contribution in [0.5, 0.6) is 0 Å². The fraction of sp³-hybridized carbons (Fsp3) is 0.0625. The summed E-state index contributed by atoms with van der Waals surface area (Å²) in [6.07, 6.45) is 8.53. The Morgan fingerprint density at radius 3 is 2.49 bits per heavy atom. The van der Waals surface area contributed by atoms with Crippen LogP contribution in [0.3, 0.4) is 0 Å². The summed E-state index contributed by atoms with van der Waals surface area (Å²) < 4.78 is 6.45. The van der Waals surface area contributed by atoms with Crippen molar-refractivity contribution >= 4 is 50.3 Å². The van der Waals surface area contributed by atoms with Crippen LogP contribution in [0, 0.1) is 12.3 Å². The number of fused-ring (bicyclic) bond motifs is 1. The van der Waals surface area contributed by atoms with Gasteiger partial charge in [-0.1, -0.05) is 48.5 Å². The van der Waals surface area contributed by atoms with Gasteiger partial charge in [0, 0.05) is 33.4 Å². The van der Waals surface area contributed by atoms with Gasteiger partial charge >= 0.3 is 0 Å². The first-order chi connectivity index (χ1) is 20.1. The van der Waals surface area contributed by atoms with E-state index in [9.17, 15) is 9.59 Å². The average Bonchev–Trinajstić information content (AvgIpc) is 3.81. The maximum atomic E-state index is 14.2. The molecule has 6 rings (SSSR count). The molecule has 41 heavy (non-hydrogen) atoms. The molecule has 0 aliphatic carbocycles. The molecule has 0 fully saturated rings. The first-order valence-electron chi connectivity index (χ1n) is 12.6. The number of carbonyl (C=O) groups is 2. The van der Waals surface area contributed by atoms with Crippen molar-refractivity contribution in [2.75, 3.05) is 4.90 Å². The van der Waals surface area contributed by atoms with Crippen LogP contribution in [0.25, 0.3) is 21.4 Å². The van der Waals surface area contributed by atoms with Crippen molar-refractivity contribution in [3.8, 4) is 23.7 Å². The number of aromatic nitrogens is 2. The topological polar surface area (TPSA) is 88.3 Å². The Balaban J connectivity index is 1.47. The summed E-state index contributed by atoms with van der Waals surface area (Å²) in [7, 11) is 0. The lowest BCUT2D eigenvalue weighted by atomic mass is 10.0. The minimum absolute atomic E-state index is 0.169. The number of thiazole rings is 1. The Labute approximate surface area is 244 Å². The summed E-state index contributed by atoms with van der Waals surface area (Å²) in [4.78, 5) is 38.2. The molecule has 1 N–H and O–H groups in total. The van der Waals surface area contributed by atoms with Crippen LogP contribution in [0.1, 0.15) is 32.7 Å². The smallest absolute Gasteiger partial charge is 0.278 e. The Hall–Kier alpha value is -5.04. The number of nitrogens with zero attached hydrogens (tertiary/aromatic N) is 3. The van der Waals surface area contributed by atoms with E-state index in [4.69, 9.17) is 10.8 Å². The van der Waals surface area contributed by atoms with E-state index in [2.05, 4.69) is 21.2 Å². The van der Waals surface area contributed by atoms with Gasteiger partial charge in [0.1, 0.15) is 11.7 Å². The van der Waals surface area contributed by atoms with Crippen molar-refractivity contribution in [2.24, 2.45) is 0 Å². The molecule has 0 bridgehead atoms. The van der Waals surface area contributed by atoms with Gasteiger partial charge in [0.2, 0.25) is 5.91 Å². The zero-order valence-electron chi connectivity index (χ0n) is 21.6. The van der Waals surface area contributed by atoms with Gasteiger partial charge in [0.05, 0.1) is 6.20 Å². The predicted octanol–water partition coefficient (Wildman–Crippen LogP) is 6.70. The lowest BCUT2D eigenvalue weighted by Crippen LogP contribution is -2.44. The van der Waals surface area contributed by atoms with Gasteiger partial charge in [-0.2, -0.15) is 0 Å². The monoisotopic (exact) mass is 574 g/mol. The summed E-state index contributed by atoms with van der Waals surface area (Å²) in [5.41, 5.74) is 3.14. The molecule has 3 heterocycles. The molecule has 0 saturated heterocycles. The number of rotatable bonds is 8. The molecule has 3 aromatic heterocycles. The Kier molecular flexibility index (Phi) is 7.41. The quantitative estimate of drug-likeness (QED) is 0.205. The molecule has 0 aliphatic rings. The zero-order valence-corrected chi connectivity index (χ0v) is 23.2. The second-order valence-electron chi connectivity index (χ2n) is 9.06. The van der Waals surface area contributed by atoms with E-state index in [1.54, 1.807) is 23.7 Å². The molecule has 0 spiro atoms. The summed E-state index contributed by atoms with van der Waals surface area (Å²) in [6, 6.07) is 23.7. The highest BCUT2D eigenvalue weighted by Gasteiger charge is 2.36. The zero-order chi connectivity index (χ0) is 28.2. The number of hydrogen-bond acceptors (Lipinski definition) is 7. The van der Waals surface area contributed by atoms with Gasteiger partial charge in [-0.15, -0.1) is 29.1 Å². The number of hydrogen-bond donors (Lipinski definition) is 1. The SMILES string of the molecule is C#Cc1nc(C(=O)N(c2ccc(-c3cnco3)cc2)C(C(=O)NCc2ccccc2)c2csc3ccccc23)cs1. The van der Waals surface area contributed by atoms with Crippen molar-refractivity contribution in [1.82, 2.24) is 15.3 Å². The van der Waals surface area contributed by atoms with Crippen molar-refractivity contribution in [2.45, 2.75) is 12.6 Å². The molecule has 2 amide bonds. The van der Waals surface area contributed by atoms with E-state index in [1.807, 2.05) is 72.1 Å². The number of carbonyl (C=O) groups excluding carboxylic acids is 2. The molecule has 0 radical (unpaired) electrons. The largest absolute Gasteiger partial charge is 0.444 e. The van der Waals surface area contributed by atoms with Crippen molar-refractivity contribution in [3.63, 3.8) is 0 Å². The number of anilines is 1. The van der Waals surface area contributed by atoms with Gasteiger partial charge in [0.15, 0.2) is 17.2 Å². The molecule has 9 heteroatoms. The maximum Gasteiger partial charge on any atom is 0.278 e. The lowest BCUT2D eigenvalue weighted by molar-refractivity contribution is -0.122. The molecule has 1 unspecified atom stereocenters. The van der Waals surface area contributed by atoms with Gasteiger partial charge in [-0.25, -0.2) is 9.97 Å². The van der Waals surface area contributed by atoms with Crippen LogP contribution in [-0.4, -0.2) is 21.8 Å². The van der Waals surface area contributed by atoms with E-state index in [-0.39, 0.29) is 11.6 Å². The molecule has 7 nitrogen and oxygen atoms in total. The number of oxazole rings is 1. The summed E-state index contributed by atoms with van der Waals surface area (Å²) in [5.74, 6) is 2.32. The number of nitrogens with one attached hydrogen (secondary N) is 1. The maximum absolute atomic E-state index is 14.2. The Bertz CT molecular complexity index is 1850.